The number of para-hydroxylation sites is 1. The Labute approximate surface area is 123 Å². The fraction of sp³-hybridized carbons (Fsp3) is 0.143. The van der Waals surface area contributed by atoms with Crippen LogP contribution in [0.15, 0.2) is 40.9 Å². The van der Waals surface area contributed by atoms with Crippen molar-refractivity contribution in [2.75, 3.05) is 5.32 Å². The molecule has 2 aromatic rings. The SMILES string of the molecule is CC(Nc1c(F)cccc1Br)c1ccc(Cl)c(F)c1. The van der Waals surface area contributed by atoms with Crippen LogP contribution in [0.3, 0.4) is 0 Å². The van der Waals surface area contributed by atoms with E-state index < -0.39 is 5.82 Å². The molecular weight excluding hydrogens is 336 g/mol. The number of nitrogens with one attached hydrogen (secondary N) is 1. The van der Waals surface area contributed by atoms with Gasteiger partial charge in [0.2, 0.25) is 0 Å². The van der Waals surface area contributed by atoms with Gasteiger partial charge in [0.05, 0.1) is 10.7 Å². The molecule has 0 saturated heterocycles. The van der Waals surface area contributed by atoms with Crippen LogP contribution in [-0.2, 0) is 0 Å². The van der Waals surface area contributed by atoms with Gasteiger partial charge in [-0.15, -0.1) is 0 Å². The average molecular weight is 347 g/mol. The molecule has 1 nitrogen and oxygen atoms in total. The van der Waals surface area contributed by atoms with Crippen LogP contribution in [0.1, 0.15) is 18.5 Å². The van der Waals surface area contributed by atoms with Crippen molar-refractivity contribution in [1.29, 1.82) is 0 Å². The topological polar surface area (TPSA) is 12.0 Å². The summed E-state index contributed by atoms with van der Waals surface area (Å²) in [6.07, 6.45) is 0. The molecule has 0 aliphatic rings. The maximum Gasteiger partial charge on any atom is 0.147 e. The molecule has 0 aliphatic heterocycles. The van der Waals surface area contributed by atoms with Crippen LogP contribution in [0.25, 0.3) is 0 Å². The monoisotopic (exact) mass is 345 g/mol. The number of halogens is 4. The van der Waals surface area contributed by atoms with Gasteiger partial charge in [0, 0.05) is 10.5 Å². The molecule has 1 N–H and O–H groups in total. The summed E-state index contributed by atoms with van der Waals surface area (Å²) in [4.78, 5) is 0. The molecule has 0 radical (unpaired) electrons. The van der Waals surface area contributed by atoms with Crippen molar-refractivity contribution in [3.05, 3.63) is 63.1 Å². The van der Waals surface area contributed by atoms with E-state index in [1.54, 1.807) is 18.2 Å². The summed E-state index contributed by atoms with van der Waals surface area (Å²) in [7, 11) is 0. The summed E-state index contributed by atoms with van der Waals surface area (Å²) in [5.74, 6) is -0.851. The zero-order chi connectivity index (χ0) is 14.0. The van der Waals surface area contributed by atoms with Crippen molar-refractivity contribution >= 4 is 33.2 Å². The Morgan fingerprint density at radius 1 is 1.16 bits per heavy atom. The lowest BCUT2D eigenvalue weighted by Gasteiger charge is -2.17. The highest BCUT2D eigenvalue weighted by Crippen LogP contribution is 2.29. The van der Waals surface area contributed by atoms with Crippen molar-refractivity contribution in [3.63, 3.8) is 0 Å². The third kappa shape index (κ3) is 3.25. The van der Waals surface area contributed by atoms with E-state index in [1.807, 2.05) is 6.92 Å². The van der Waals surface area contributed by atoms with Crippen molar-refractivity contribution < 1.29 is 8.78 Å². The van der Waals surface area contributed by atoms with E-state index in [1.165, 1.54) is 18.2 Å². The minimum Gasteiger partial charge on any atom is -0.375 e. The van der Waals surface area contributed by atoms with Gasteiger partial charge in [0.1, 0.15) is 11.6 Å². The Bertz CT molecular complexity index is 584. The summed E-state index contributed by atoms with van der Waals surface area (Å²) in [5, 5.41) is 3.08. The van der Waals surface area contributed by atoms with Gasteiger partial charge in [-0.3, -0.25) is 0 Å². The number of benzene rings is 2. The molecule has 100 valence electrons. The Morgan fingerprint density at radius 3 is 2.53 bits per heavy atom. The fourth-order valence-electron chi connectivity index (χ4n) is 1.72. The Balaban J connectivity index is 2.25. The molecule has 0 aliphatic carbocycles. The van der Waals surface area contributed by atoms with Crippen LogP contribution in [0, 0.1) is 11.6 Å². The Kier molecular flexibility index (Phi) is 4.42. The quantitative estimate of drug-likeness (QED) is 0.768. The smallest absolute Gasteiger partial charge is 0.147 e. The fourth-order valence-corrected chi connectivity index (χ4v) is 2.29. The zero-order valence-corrected chi connectivity index (χ0v) is 12.4. The second-order valence-electron chi connectivity index (χ2n) is 4.14. The summed E-state index contributed by atoms with van der Waals surface area (Å²) < 4.78 is 27.7. The van der Waals surface area contributed by atoms with Gasteiger partial charge in [0.25, 0.3) is 0 Å². The highest BCUT2D eigenvalue weighted by molar-refractivity contribution is 9.10. The predicted molar refractivity (Wildman–Crippen MR) is 77.5 cm³/mol. The van der Waals surface area contributed by atoms with Gasteiger partial charge in [-0.2, -0.15) is 0 Å². The van der Waals surface area contributed by atoms with Crippen LogP contribution in [-0.4, -0.2) is 0 Å². The van der Waals surface area contributed by atoms with Crippen LogP contribution in [0.4, 0.5) is 14.5 Å². The van der Waals surface area contributed by atoms with Gasteiger partial charge in [-0.25, -0.2) is 8.78 Å². The molecular formula is C14H11BrClF2N. The molecule has 1 atom stereocenters. The second-order valence-corrected chi connectivity index (χ2v) is 5.40. The third-order valence-electron chi connectivity index (χ3n) is 2.77. The molecule has 0 saturated carbocycles. The molecule has 0 bridgehead atoms. The van der Waals surface area contributed by atoms with Crippen LogP contribution >= 0.6 is 27.5 Å². The summed E-state index contributed by atoms with van der Waals surface area (Å²) in [5.41, 5.74) is 1.04. The molecule has 2 rings (SSSR count). The number of rotatable bonds is 3. The highest BCUT2D eigenvalue weighted by atomic mass is 79.9. The van der Waals surface area contributed by atoms with E-state index in [-0.39, 0.29) is 16.9 Å². The van der Waals surface area contributed by atoms with E-state index in [4.69, 9.17) is 11.6 Å². The minimum atomic E-state index is -0.486. The summed E-state index contributed by atoms with van der Waals surface area (Å²) in [6.45, 7) is 1.82. The average Bonchev–Trinajstić information content (AvgIpc) is 2.37. The molecule has 1 unspecified atom stereocenters. The van der Waals surface area contributed by atoms with E-state index >= 15 is 0 Å². The third-order valence-corrected chi connectivity index (χ3v) is 3.73. The Morgan fingerprint density at radius 2 is 1.89 bits per heavy atom. The molecule has 2 aromatic carbocycles. The number of anilines is 1. The lowest BCUT2D eigenvalue weighted by atomic mass is 10.1. The first-order valence-corrected chi connectivity index (χ1v) is 6.81. The van der Waals surface area contributed by atoms with E-state index in [2.05, 4.69) is 21.2 Å². The molecule has 0 spiro atoms. The first-order chi connectivity index (χ1) is 8.99. The first kappa shape index (κ1) is 14.3. The van der Waals surface area contributed by atoms with Gasteiger partial charge < -0.3 is 5.32 Å². The maximum absolute atomic E-state index is 13.7. The first-order valence-electron chi connectivity index (χ1n) is 5.64. The van der Waals surface area contributed by atoms with E-state index in [0.717, 1.165) is 0 Å². The largest absolute Gasteiger partial charge is 0.375 e. The minimum absolute atomic E-state index is 0.0722. The second kappa shape index (κ2) is 5.88. The maximum atomic E-state index is 13.7. The predicted octanol–water partition coefficient (Wildman–Crippen LogP) is 5.55. The number of hydrogen-bond acceptors (Lipinski definition) is 1. The molecule has 0 aromatic heterocycles. The van der Waals surface area contributed by atoms with Crippen molar-refractivity contribution in [3.8, 4) is 0 Å². The highest BCUT2D eigenvalue weighted by Gasteiger charge is 2.12. The van der Waals surface area contributed by atoms with Gasteiger partial charge >= 0.3 is 0 Å². The van der Waals surface area contributed by atoms with Gasteiger partial charge in [-0.1, -0.05) is 23.7 Å². The van der Waals surface area contributed by atoms with Crippen LogP contribution in [0.5, 0.6) is 0 Å². The van der Waals surface area contributed by atoms with Crippen molar-refractivity contribution in [2.45, 2.75) is 13.0 Å². The zero-order valence-electron chi connectivity index (χ0n) is 10.1. The number of hydrogen-bond donors (Lipinski definition) is 1. The molecule has 0 heterocycles. The molecule has 5 heteroatoms. The van der Waals surface area contributed by atoms with Crippen molar-refractivity contribution in [1.82, 2.24) is 0 Å². The molecule has 0 fully saturated rings. The van der Waals surface area contributed by atoms with Crippen LogP contribution < -0.4 is 5.32 Å². The van der Waals surface area contributed by atoms with Gasteiger partial charge in [0.15, 0.2) is 0 Å². The van der Waals surface area contributed by atoms with E-state index in [0.29, 0.717) is 15.7 Å². The van der Waals surface area contributed by atoms with Crippen LogP contribution in [0.2, 0.25) is 5.02 Å². The lowest BCUT2D eigenvalue weighted by molar-refractivity contribution is 0.621. The molecule has 0 amide bonds. The normalized spacial score (nSPS) is 12.3. The Hall–Kier alpha value is -1.13. The van der Waals surface area contributed by atoms with Gasteiger partial charge in [-0.05, 0) is 52.7 Å². The van der Waals surface area contributed by atoms with E-state index in [9.17, 15) is 8.78 Å². The van der Waals surface area contributed by atoms with Crippen molar-refractivity contribution in [2.24, 2.45) is 0 Å². The summed E-state index contributed by atoms with van der Waals surface area (Å²) >= 11 is 8.91. The lowest BCUT2D eigenvalue weighted by Crippen LogP contribution is -2.08. The standard InChI is InChI=1S/C14H11BrClF2N/c1-8(9-5-6-11(16)13(18)7-9)19-14-10(15)3-2-4-12(14)17/h2-8,19H,1H3. The molecule has 19 heavy (non-hydrogen) atoms. The summed E-state index contributed by atoms with van der Waals surface area (Å²) in [6, 6.07) is 8.99.